The first kappa shape index (κ1) is 11.9. The first-order chi connectivity index (χ1) is 8.16. The number of hydrogen-bond acceptors (Lipinski definition) is 3. The van der Waals surface area contributed by atoms with Crippen molar-refractivity contribution in [3.8, 4) is 5.75 Å². The SMILES string of the molecule is CC1CC(O)c2c(Br)cc3c(c2CS1)OCC3. The van der Waals surface area contributed by atoms with E-state index in [0.29, 0.717) is 5.25 Å². The number of thioether (sulfide) groups is 1. The van der Waals surface area contributed by atoms with Crippen LogP contribution in [0.1, 0.15) is 36.1 Å². The predicted molar refractivity (Wildman–Crippen MR) is 73.7 cm³/mol. The summed E-state index contributed by atoms with van der Waals surface area (Å²) in [6.45, 7) is 2.95. The fraction of sp³-hybridized carbons (Fsp3) is 0.538. The molecule has 0 saturated carbocycles. The van der Waals surface area contributed by atoms with Gasteiger partial charge in [-0.1, -0.05) is 22.9 Å². The highest BCUT2D eigenvalue weighted by Crippen LogP contribution is 2.45. The highest BCUT2D eigenvalue weighted by atomic mass is 79.9. The fourth-order valence-corrected chi connectivity index (χ4v) is 4.45. The Morgan fingerprint density at radius 2 is 2.35 bits per heavy atom. The zero-order chi connectivity index (χ0) is 12.0. The molecule has 0 saturated heterocycles. The molecular formula is C13H15BrO2S. The van der Waals surface area contributed by atoms with E-state index in [9.17, 15) is 5.11 Å². The molecule has 2 aliphatic heterocycles. The predicted octanol–water partition coefficient (Wildman–Crippen LogP) is 3.44. The fourth-order valence-electron chi connectivity index (χ4n) is 2.61. The molecule has 1 aromatic carbocycles. The normalized spacial score (nSPS) is 27.0. The maximum Gasteiger partial charge on any atom is 0.127 e. The van der Waals surface area contributed by atoms with E-state index >= 15 is 0 Å². The van der Waals surface area contributed by atoms with Gasteiger partial charge in [-0.25, -0.2) is 0 Å². The van der Waals surface area contributed by atoms with Gasteiger partial charge >= 0.3 is 0 Å². The van der Waals surface area contributed by atoms with E-state index in [-0.39, 0.29) is 6.10 Å². The molecule has 2 aliphatic rings. The second-order valence-corrected chi connectivity index (χ2v) is 6.99. The lowest BCUT2D eigenvalue weighted by Gasteiger charge is -2.17. The average molecular weight is 315 g/mol. The summed E-state index contributed by atoms with van der Waals surface area (Å²) in [5.74, 6) is 1.97. The van der Waals surface area contributed by atoms with Gasteiger partial charge in [-0.05, 0) is 18.1 Å². The highest BCUT2D eigenvalue weighted by molar-refractivity contribution is 9.10. The van der Waals surface area contributed by atoms with Gasteiger partial charge in [0.15, 0.2) is 0 Å². The van der Waals surface area contributed by atoms with E-state index in [1.54, 1.807) is 0 Å². The van der Waals surface area contributed by atoms with E-state index in [1.807, 2.05) is 11.8 Å². The Morgan fingerprint density at radius 3 is 3.18 bits per heavy atom. The summed E-state index contributed by atoms with van der Waals surface area (Å²) in [5.41, 5.74) is 3.52. The second kappa shape index (κ2) is 4.48. The average Bonchev–Trinajstić information content (AvgIpc) is 2.66. The molecule has 0 fully saturated rings. The number of benzene rings is 1. The largest absolute Gasteiger partial charge is 0.493 e. The number of hydrogen-bond donors (Lipinski definition) is 1. The number of halogens is 1. The Morgan fingerprint density at radius 1 is 1.53 bits per heavy atom. The Labute approximate surface area is 114 Å². The molecule has 3 rings (SSSR count). The van der Waals surface area contributed by atoms with Crippen molar-refractivity contribution in [1.29, 1.82) is 0 Å². The molecule has 2 heterocycles. The van der Waals surface area contributed by atoms with Crippen LogP contribution in [0.25, 0.3) is 0 Å². The van der Waals surface area contributed by atoms with E-state index in [0.717, 1.165) is 41.0 Å². The van der Waals surface area contributed by atoms with Gasteiger partial charge in [-0.15, -0.1) is 0 Å². The van der Waals surface area contributed by atoms with Crippen molar-refractivity contribution in [2.24, 2.45) is 0 Å². The van der Waals surface area contributed by atoms with Crippen molar-refractivity contribution < 1.29 is 9.84 Å². The van der Waals surface area contributed by atoms with E-state index in [4.69, 9.17) is 4.74 Å². The Kier molecular flexibility index (Phi) is 3.13. The van der Waals surface area contributed by atoms with Crippen molar-refractivity contribution >= 4 is 27.7 Å². The quantitative estimate of drug-likeness (QED) is 0.795. The van der Waals surface area contributed by atoms with Crippen LogP contribution in [0.3, 0.4) is 0 Å². The van der Waals surface area contributed by atoms with Gasteiger partial charge in [0.1, 0.15) is 5.75 Å². The minimum atomic E-state index is -0.376. The first-order valence-electron chi connectivity index (χ1n) is 5.93. The van der Waals surface area contributed by atoms with Crippen LogP contribution in [0.5, 0.6) is 5.75 Å². The van der Waals surface area contributed by atoms with Gasteiger partial charge in [0.05, 0.1) is 12.7 Å². The number of rotatable bonds is 0. The van der Waals surface area contributed by atoms with Gasteiger partial charge in [0.25, 0.3) is 0 Å². The third-order valence-electron chi connectivity index (χ3n) is 3.47. The zero-order valence-corrected chi connectivity index (χ0v) is 12.1. The summed E-state index contributed by atoms with van der Waals surface area (Å²) in [4.78, 5) is 0. The number of fused-ring (bicyclic) bond motifs is 3. The molecule has 1 aromatic rings. The van der Waals surface area contributed by atoms with Crippen LogP contribution in [-0.4, -0.2) is 17.0 Å². The van der Waals surface area contributed by atoms with Gasteiger partial charge in [-0.3, -0.25) is 0 Å². The Bertz CT molecular complexity index is 461. The van der Waals surface area contributed by atoms with Crippen LogP contribution in [-0.2, 0) is 12.2 Å². The van der Waals surface area contributed by atoms with Crippen molar-refractivity contribution in [3.05, 3.63) is 27.2 Å². The molecule has 4 heteroatoms. The lowest BCUT2D eigenvalue weighted by Crippen LogP contribution is -2.05. The zero-order valence-electron chi connectivity index (χ0n) is 9.70. The number of ether oxygens (including phenoxy) is 1. The molecular weight excluding hydrogens is 300 g/mol. The summed E-state index contributed by atoms with van der Waals surface area (Å²) >= 11 is 5.51. The standard InChI is InChI=1S/C13H15BrO2S/c1-7-4-11(15)12-9(6-17-7)13-8(2-3-16-13)5-10(12)14/h5,7,11,15H,2-4,6H2,1H3. The number of aliphatic hydroxyl groups is 1. The lowest BCUT2D eigenvalue weighted by atomic mass is 9.97. The summed E-state index contributed by atoms with van der Waals surface area (Å²) < 4.78 is 6.79. The lowest BCUT2D eigenvalue weighted by molar-refractivity contribution is 0.167. The molecule has 2 nitrogen and oxygen atoms in total. The van der Waals surface area contributed by atoms with Gasteiger partial charge in [-0.2, -0.15) is 11.8 Å². The third-order valence-corrected chi connectivity index (χ3v) is 5.34. The van der Waals surface area contributed by atoms with Crippen molar-refractivity contribution in [2.75, 3.05) is 6.61 Å². The summed E-state index contributed by atoms with van der Waals surface area (Å²) in [6.07, 6.45) is 1.42. The van der Waals surface area contributed by atoms with Gasteiger partial charge < -0.3 is 9.84 Å². The minimum Gasteiger partial charge on any atom is -0.493 e. The van der Waals surface area contributed by atoms with Gasteiger partial charge in [0, 0.05) is 33.0 Å². The van der Waals surface area contributed by atoms with E-state index in [2.05, 4.69) is 28.9 Å². The number of aliphatic hydroxyl groups excluding tert-OH is 1. The molecule has 0 bridgehead atoms. The maximum absolute atomic E-state index is 10.3. The molecule has 2 unspecified atom stereocenters. The molecule has 92 valence electrons. The van der Waals surface area contributed by atoms with Crippen molar-refractivity contribution in [2.45, 2.75) is 36.9 Å². The molecule has 1 N–H and O–H groups in total. The molecule has 0 radical (unpaired) electrons. The van der Waals surface area contributed by atoms with E-state index in [1.165, 1.54) is 11.1 Å². The Hall–Kier alpha value is -0.190. The summed E-state index contributed by atoms with van der Waals surface area (Å²) in [6, 6.07) is 2.12. The summed E-state index contributed by atoms with van der Waals surface area (Å²) in [5, 5.41) is 10.8. The first-order valence-corrected chi connectivity index (χ1v) is 7.77. The van der Waals surface area contributed by atoms with E-state index < -0.39 is 0 Å². The van der Waals surface area contributed by atoms with Crippen LogP contribution in [0.4, 0.5) is 0 Å². The monoisotopic (exact) mass is 314 g/mol. The molecule has 0 amide bonds. The van der Waals surface area contributed by atoms with Crippen LogP contribution in [0, 0.1) is 0 Å². The van der Waals surface area contributed by atoms with Crippen LogP contribution in [0.2, 0.25) is 0 Å². The molecule has 2 atom stereocenters. The smallest absolute Gasteiger partial charge is 0.127 e. The van der Waals surface area contributed by atoms with Crippen molar-refractivity contribution in [3.63, 3.8) is 0 Å². The summed E-state index contributed by atoms with van der Waals surface area (Å²) in [7, 11) is 0. The minimum absolute atomic E-state index is 0.376. The second-order valence-electron chi connectivity index (χ2n) is 4.71. The molecule has 17 heavy (non-hydrogen) atoms. The Balaban J connectivity index is 2.16. The molecule has 0 aromatic heterocycles. The van der Waals surface area contributed by atoms with Crippen molar-refractivity contribution in [1.82, 2.24) is 0 Å². The van der Waals surface area contributed by atoms with Crippen LogP contribution < -0.4 is 4.74 Å². The van der Waals surface area contributed by atoms with Gasteiger partial charge in [0.2, 0.25) is 0 Å². The molecule has 0 spiro atoms. The highest BCUT2D eigenvalue weighted by Gasteiger charge is 2.29. The maximum atomic E-state index is 10.3. The molecule has 0 aliphatic carbocycles. The van der Waals surface area contributed by atoms with Crippen LogP contribution in [0.15, 0.2) is 10.5 Å². The third kappa shape index (κ3) is 2.00. The van der Waals surface area contributed by atoms with Crippen LogP contribution >= 0.6 is 27.7 Å². The topological polar surface area (TPSA) is 29.5 Å².